The van der Waals surface area contributed by atoms with Crippen molar-refractivity contribution in [1.82, 2.24) is 9.55 Å². The highest BCUT2D eigenvalue weighted by atomic mass is 16.7. The molecular formula is C20H27N5O4. The number of aldehydes is 1. The first-order valence-electron chi connectivity index (χ1n) is 9.46. The average Bonchev–Trinajstić information content (AvgIpc) is 3.16. The van der Waals surface area contributed by atoms with Gasteiger partial charge in [0.15, 0.2) is 12.2 Å². The smallest absolute Gasteiger partial charge is 0.194 e. The molecule has 4 rings (SSSR count). The van der Waals surface area contributed by atoms with E-state index in [4.69, 9.17) is 19.9 Å². The second-order valence-electron chi connectivity index (χ2n) is 6.85. The predicted octanol–water partition coefficient (Wildman–Crippen LogP) is 1.75. The summed E-state index contributed by atoms with van der Waals surface area (Å²) in [5, 5.41) is 2.90. The summed E-state index contributed by atoms with van der Waals surface area (Å²) in [5.41, 5.74) is 7.30. The van der Waals surface area contributed by atoms with E-state index in [1.54, 1.807) is 13.4 Å². The van der Waals surface area contributed by atoms with Crippen LogP contribution in [-0.2, 0) is 14.2 Å². The normalized spacial score (nSPS) is 24.1. The Balaban J connectivity index is 0.000000290. The van der Waals surface area contributed by atoms with E-state index in [1.807, 2.05) is 22.8 Å². The van der Waals surface area contributed by atoms with Gasteiger partial charge in [0.1, 0.15) is 24.4 Å². The number of hydrogen-bond donors (Lipinski definition) is 2. The van der Waals surface area contributed by atoms with Crippen LogP contribution < -0.4 is 11.1 Å². The number of aliphatic imine (C=N–C) groups is 1. The number of imidazole rings is 1. The van der Waals surface area contributed by atoms with Crippen molar-refractivity contribution in [3.8, 4) is 0 Å². The summed E-state index contributed by atoms with van der Waals surface area (Å²) in [4.78, 5) is 19.1. The van der Waals surface area contributed by atoms with Gasteiger partial charge < -0.3 is 29.8 Å². The van der Waals surface area contributed by atoms with Crippen LogP contribution >= 0.6 is 0 Å². The standard InChI is InChI=1S/C13H19N5O4.C7H8/c1-15-13(14)17-12-9(3-19)16-6-18(12)8-2-10-11(21-4-8)5-20-7-22-10;1-7-5-3-2-4-6-7/h3,6,8,10-11H,2,4-5,7H2,1H3,(H3,14,15,17);2-6H,1H3. The van der Waals surface area contributed by atoms with Crippen molar-refractivity contribution in [2.75, 3.05) is 32.4 Å². The topological polar surface area (TPSA) is 113 Å². The third-order valence-electron chi connectivity index (χ3n) is 4.82. The number of nitrogens with one attached hydrogen (secondary N) is 1. The molecule has 3 unspecified atom stereocenters. The van der Waals surface area contributed by atoms with E-state index in [0.717, 1.165) is 6.42 Å². The number of nitrogens with two attached hydrogens (primary N) is 1. The molecule has 0 radical (unpaired) electrons. The van der Waals surface area contributed by atoms with Crippen molar-refractivity contribution in [3.05, 3.63) is 47.9 Å². The number of ether oxygens (including phenoxy) is 3. The van der Waals surface area contributed by atoms with Crippen LogP contribution in [0.25, 0.3) is 0 Å². The van der Waals surface area contributed by atoms with Crippen LogP contribution in [0.5, 0.6) is 0 Å². The Kier molecular flexibility index (Phi) is 7.34. The average molecular weight is 401 g/mol. The lowest BCUT2D eigenvalue weighted by atomic mass is 10.0. The zero-order valence-corrected chi connectivity index (χ0v) is 16.7. The molecule has 3 N–H and O–H groups in total. The molecule has 2 aliphatic heterocycles. The number of benzene rings is 1. The van der Waals surface area contributed by atoms with Crippen molar-refractivity contribution >= 4 is 18.1 Å². The van der Waals surface area contributed by atoms with Crippen LogP contribution in [0.15, 0.2) is 41.7 Å². The quantitative estimate of drug-likeness (QED) is 0.458. The van der Waals surface area contributed by atoms with Gasteiger partial charge in [-0.1, -0.05) is 35.9 Å². The Bertz CT molecular complexity index is 824. The summed E-state index contributed by atoms with van der Waals surface area (Å²) in [6, 6.07) is 10.3. The molecule has 2 saturated heterocycles. The minimum absolute atomic E-state index is 0.00675. The first kappa shape index (κ1) is 21.0. The highest BCUT2D eigenvalue weighted by molar-refractivity contribution is 5.95. The van der Waals surface area contributed by atoms with Gasteiger partial charge in [0.05, 0.1) is 31.7 Å². The number of hydrogen-bond acceptors (Lipinski definition) is 6. The third-order valence-corrected chi connectivity index (χ3v) is 4.82. The molecule has 0 saturated carbocycles. The monoisotopic (exact) mass is 401 g/mol. The van der Waals surface area contributed by atoms with E-state index in [2.05, 4.69) is 34.3 Å². The molecule has 3 heterocycles. The first-order chi connectivity index (χ1) is 14.1. The van der Waals surface area contributed by atoms with E-state index in [9.17, 15) is 4.79 Å². The molecule has 0 amide bonds. The molecule has 29 heavy (non-hydrogen) atoms. The van der Waals surface area contributed by atoms with Crippen LogP contribution in [0.1, 0.15) is 28.5 Å². The maximum absolute atomic E-state index is 11.2. The van der Waals surface area contributed by atoms with Gasteiger partial charge >= 0.3 is 0 Å². The largest absolute Gasteiger partial charge is 0.371 e. The Morgan fingerprint density at radius 1 is 1.28 bits per heavy atom. The van der Waals surface area contributed by atoms with Crippen LogP contribution in [0, 0.1) is 6.92 Å². The highest BCUT2D eigenvalue weighted by Gasteiger charge is 2.36. The summed E-state index contributed by atoms with van der Waals surface area (Å²) in [6.07, 6.45) is 2.96. The number of guanidine groups is 1. The molecule has 2 aromatic rings. The number of aryl methyl sites for hydroxylation is 1. The molecule has 0 spiro atoms. The van der Waals surface area contributed by atoms with Crippen LogP contribution in [-0.4, -0.2) is 61.1 Å². The third kappa shape index (κ3) is 5.41. The predicted molar refractivity (Wildman–Crippen MR) is 109 cm³/mol. The molecule has 9 heteroatoms. The molecular weight excluding hydrogens is 374 g/mol. The van der Waals surface area contributed by atoms with Crippen LogP contribution in [0.3, 0.4) is 0 Å². The zero-order valence-electron chi connectivity index (χ0n) is 16.7. The van der Waals surface area contributed by atoms with Crippen molar-refractivity contribution < 1.29 is 19.0 Å². The van der Waals surface area contributed by atoms with Crippen molar-refractivity contribution in [2.45, 2.75) is 31.6 Å². The minimum atomic E-state index is -0.0438. The van der Waals surface area contributed by atoms with Gasteiger partial charge in [-0.2, -0.15) is 0 Å². The molecule has 156 valence electrons. The number of nitrogens with zero attached hydrogens (tertiary/aromatic N) is 3. The number of carbonyl (C=O) groups excluding carboxylic acids is 1. The SMILES string of the molecule is CN=C(N)Nc1c(C=O)ncn1C1COC2COCOC2C1.Cc1ccccc1. The highest BCUT2D eigenvalue weighted by Crippen LogP contribution is 2.31. The summed E-state index contributed by atoms with van der Waals surface area (Å²) in [5.74, 6) is 0.721. The summed E-state index contributed by atoms with van der Waals surface area (Å²) >= 11 is 0. The Morgan fingerprint density at radius 3 is 2.72 bits per heavy atom. The van der Waals surface area contributed by atoms with Gasteiger partial charge in [0.2, 0.25) is 0 Å². The Morgan fingerprint density at radius 2 is 2.07 bits per heavy atom. The Hall–Kier alpha value is -2.75. The number of aromatic nitrogens is 2. The van der Waals surface area contributed by atoms with E-state index >= 15 is 0 Å². The number of rotatable bonds is 3. The van der Waals surface area contributed by atoms with E-state index in [-0.39, 0.29) is 36.7 Å². The number of fused-ring (bicyclic) bond motifs is 1. The van der Waals surface area contributed by atoms with Gasteiger partial charge in [0, 0.05) is 7.05 Å². The van der Waals surface area contributed by atoms with Crippen LogP contribution in [0.4, 0.5) is 5.82 Å². The first-order valence-corrected chi connectivity index (χ1v) is 9.46. The van der Waals surface area contributed by atoms with Crippen molar-refractivity contribution in [2.24, 2.45) is 10.7 Å². The molecule has 0 bridgehead atoms. The minimum Gasteiger partial charge on any atom is -0.371 e. The van der Waals surface area contributed by atoms with Crippen molar-refractivity contribution in [3.63, 3.8) is 0 Å². The molecule has 0 aliphatic carbocycles. The second-order valence-corrected chi connectivity index (χ2v) is 6.85. The fourth-order valence-electron chi connectivity index (χ4n) is 3.23. The summed E-state index contributed by atoms with van der Waals surface area (Å²) in [7, 11) is 1.56. The number of anilines is 1. The lowest BCUT2D eigenvalue weighted by molar-refractivity contribution is -0.231. The van der Waals surface area contributed by atoms with Gasteiger partial charge in [-0.05, 0) is 13.3 Å². The summed E-state index contributed by atoms with van der Waals surface area (Å²) < 4.78 is 18.5. The van der Waals surface area contributed by atoms with Gasteiger partial charge in [0.25, 0.3) is 0 Å². The second kappa shape index (κ2) is 10.1. The lowest BCUT2D eigenvalue weighted by Gasteiger charge is -2.39. The number of carbonyl (C=O) groups is 1. The van der Waals surface area contributed by atoms with E-state index < -0.39 is 0 Å². The zero-order chi connectivity index (χ0) is 20.6. The lowest BCUT2D eigenvalue weighted by Crippen LogP contribution is -2.47. The maximum atomic E-state index is 11.2. The van der Waals surface area contributed by atoms with Crippen molar-refractivity contribution in [1.29, 1.82) is 0 Å². The molecule has 2 aliphatic rings. The van der Waals surface area contributed by atoms with E-state index in [1.165, 1.54) is 5.56 Å². The summed E-state index contributed by atoms with van der Waals surface area (Å²) in [6.45, 7) is 3.39. The fraction of sp³-hybridized carbons (Fsp3) is 0.450. The molecule has 3 atom stereocenters. The fourth-order valence-corrected chi connectivity index (χ4v) is 3.23. The Labute approximate surface area is 169 Å². The molecule has 9 nitrogen and oxygen atoms in total. The van der Waals surface area contributed by atoms with Gasteiger partial charge in [-0.3, -0.25) is 9.79 Å². The molecule has 2 fully saturated rings. The maximum Gasteiger partial charge on any atom is 0.194 e. The van der Waals surface area contributed by atoms with E-state index in [0.29, 0.717) is 25.3 Å². The molecule has 1 aromatic carbocycles. The van der Waals surface area contributed by atoms with Gasteiger partial charge in [-0.15, -0.1) is 0 Å². The van der Waals surface area contributed by atoms with Gasteiger partial charge in [-0.25, -0.2) is 4.98 Å². The molecule has 1 aromatic heterocycles. The van der Waals surface area contributed by atoms with Crippen LogP contribution in [0.2, 0.25) is 0 Å².